The number of ether oxygens (including phenoxy) is 1. The number of H-pyrrole nitrogens is 1. The molecule has 0 saturated carbocycles. The number of rotatable bonds is 7. The summed E-state index contributed by atoms with van der Waals surface area (Å²) in [6, 6.07) is 17.3. The first-order valence-electron chi connectivity index (χ1n) is 13.6. The van der Waals surface area contributed by atoms with Crippen molar-refractivity contribution in [2.75, 3.05) is 31.8 Å². The number of furan rings is 1. The number of benzene rings is 4. The molecule has 1 amide bonds. The van der Waals surface area contributed by atoms with E-state index in [1.54, 1.807) is 30.3 Å². The van der Waals surface area contributed by atoms with E-state index in [2.05, 4.69) is 10.3 Å². The second-order valence-corrected chi connectivity index (χ2v) is 12.5. The standard InChI is InChI=1S/C33H26F3N3O5S/c1-37-33(40)30-24-15-22(27(39(2)45(4,41)42)16-29(24)44-32(30)17-5-8-20(34)9-6-17)18-7-10-28(43-3)23(12-18)26-13-19-11-21(35)14-25(36)31(19)38-26/h5-16,38H,1-4H3,(H,37,40). The summed E-state index contributed by atoms with van der Waals surface area (Å²) in [5.74, 6) is -1.82. The van der Waals surface area contributed by atoms with Gasteiger partial charge in [-0.05, 0) is 60.2 Å². The lowest BCUT2D eigenvalue weighted by Gasteiger charge is -2.21. The molecule has 0 atom stereocenters. The van der Waals surface area contributed by atoms with Crippen LogP contribution in [0.3, 0.4) is 0 Å². The average Bonchev–Trinajstić information content (AvgIpc) is 3.61. The zero-order valence-electron chi connectivity index (χ0n) is 24.5. The summed E-state index contributed by atoms with van der Waals surface area (Å²) in [5, 5.41) is 3.31. The first-order valence-corrected chi connectivity index (χ1v) is 15.4. The molecule has 12 heteroatoms. The summed E-state index contributed by atoms with van der Waals surface area (Å²) in [5.41, 5.74) is 3.07. The van der Waals surface area contributed by atoms with Crippen LogP contribution in [-0.4, -0.2) is 46.8 Å². The molecule has 2 N–H and O–H groups in total. The van der Waals surface area contributed by atoms with Gasteiger partial charge < -0.3 is 19.5 Å². The summed E-state index contributed by atoms with van der Waals surface area (Å²) < 4.78 is 80.6. The van der Waals surface area contributed by atoms with Crippen molar-refractivity contribution in [3.63, 3.8) is 0 Å². The maximum Gasteiger partial charge on any atom is 0.255 e. The normalized spacial score (nSPS) is 11.7. The molecule has 6 rings (SSSR count). The van der Waals surface area contributed by atoms with Crippen molar-refractivity contribution < 1.29 is 35.5 Å². The van der Waals surface area contributed by atoms with Gasteiger partial charge in [0.25, 0.3) is 5.91 Å². The highest BCUT2D eigenvalue weighted by molar-refractivity contribution is 7.92. The lowest BCUT2D eigenvalue weighted by molar-refractivity contribution is 0.0964. The molecule has 2 aromatic heterocycles. The molecule has 6 aromatic rings. The van der Waals surface area contributed by atoms with Crippen molar-refractivity contribution in [2.24, 2.45) is 0 Å². The number of fused-ring (bicyclic) bond motifs is 2. The molecule has 0 aliphatic carbocycles. The Morgan fingerprint density at radius 2 is 1.62 bits per heavy atom. The van der Waals surface area contributed by atoms with E-state index in [1.807, 2.05) is 0 Å². The van der Waals surface area contributed by atoms with Gasteiger partial charge in [0.05, 0.1) is 35.8 Å². The zero-order chi connectivity index (χ0) is 32.2. The van der Waals surface area contributed by atoms with E-state index < -0.39 is 33.4 Å². The third kappa shape index (κ3) is 5.27. The summed E-state index contributed by atoms with van der Waals surface area (Å²) in [4.78, 5) is 16.2. The summed E-state index contributed by atoms with van der Waals surface area (Å²) >= 11 is 0. The van der Waals surface area contributed by atoms with Gasteiger partial charge in [-0.25, -0.2) is 21.6 Å². The molecule has 230 valence electrons. The van der Waals surface area contributed by atoms with Crippen molar-refractivity contribution in [3.05, 3.63) is 95.8 Å². The number of anilines is 1. The molecule has 0 aliphatic rings. The molecular formula is C33H26F3N3O5S. The minimum absolute atomic E-state index is 0.111. The van der Waals surface area contributed by atoms with Crippen LogP contribution < -0.4 is 14.4 Å². The third-order valence-corrected chi connectivity index (χ3v) is 8.84. The topological polar surface area (TPSA) is 105 Å². The molecule has 0 spiro atoms. The van der Waals surface area contributed by atoms with Crippen molar-refractivity contribution in [2.45, 2.75) is 0 Å². The molecule has 2 heterocycles. The fourth-order valence-corrected chi connectivity index (χ4v) is 5.86. The number of hydrogen-bond acceptors (Lipinski definition) is 5. The van der Waals surface area contributed by atoms with Crippen LogP contribution in [0.5, 0.6) is 5.75 Å². The summed E-state index contributed by atoms with van der Waals surface area (Å²) in [6.45, 7) is 0. The number of nitrogens with one attached hydrogen (secondary N) is 2. The van der Waals surface area contributed by atoms with E-state index in [4.69, 9.17) is 9.15 Å². The number of carbonyl (C=O) groups excluding carboxylic acids is 1. The smallest absolute Gasteiger partial charge is 0.255 e. The second kappa shape index (κ2) is 11.0. The van der Waals surface area contributed by atoms with Crippen LogP contribution in [0.25, 0.3) is 55.6 Å². The Morgan fingerprint density at radius 1 is 0.911 bits per heavy atom. The van der Waals surface area contributed by atoms with E-state index in [1.165, 1.54) is 57.6 Å². The zero-order valence-corrected chi connectivity index (χ0v) is 25.3. The first kappa shape index (κ1) is 29.8. The van der Waals surface area contributed by atoms with E-state index in [0.717, 1.165) is 16.6 Å². The number of aromatic amines is 1. The van der Waals surface area contributed by atoms with Gasteiger partial charge >= 0.3 is 0 Å². The van der Waals surface area contributed by atoms with Crippen LogP contribution in [0.1, 0.15) is 10.4 Å². The van der Waals surface area contributed by atoms with Gasteiger partial charge in [-0.3, -0.25) is 9.10 Å². The van der Waals surface area contributed by atoms with Gasteiger partial charge in [0.1, 0.15) is 34.5 Å². The number of amides is 1. The Morgan fingerprint density at radius 3 is 2.29 bits per heavy atom. The third-order valence-electron chi connectivity index (χ3n) is 7.65. The highest BCUT2D eigenvalue weighted by Gasteiger charge is 2.26. The minimum atomic E-state index is -3.77. The minimum Gasteiger partial charge on any atom is -0.496 e. The van der Waals surface area contributed by atoms with Crippen molar-refractivity contribution in [3.8, 4) is 39.5 Å². The van der Waals surface area contributed by atoms with Crippen LogP contribution >= 0.6 is 0 Å². The molecule has 0 fully saturated rings. The van der Waals surface area contributed by atoms with Crippen molar-refractivity contribution >= 4 is 43.5 Å². The van der Waals surface area contributed by atoms with Crippen molar-refractivity contribution in [1.29, 1.82) is 0 Å². The molecule has 0 aliphatic heterocycles. The predicted octanol–water partition coefficient (Wildman–Crippen LogP) is 7.10. The Hall–Kier alpha value is -5.23. The maximum atomic E-state index is 14.6. The quantitative estimate of drug-likeness (QED) is 0.195. The molecule has 8 nitrogen and oxygen atoms in total. The Bertz CT molecular complexity index is 2240. The van der Waals surface area contributed by atoms with Gasteiger partial charge in [0.15, 0.2) is 0 Å². The van der Waals surface area contributed by atoms with Gasteiger partial charge in [0, 0.05) is 53.7 Å². The number of methoxy groups -OCH3 is 1. The van der Waals surface area contributed by atoms with Gasteiger partial charge in [0.2, 0.25) is 10.0 Å². The first-order chi connectivity index (χ1) is 21.4. The van der Waals surface area contributed by atoms with E-state index in [0.29, 0.717) is 44.5 Å². The van der Waals surface area contributed by atoms with Crippen LogP contribution in [-0.2, 0) is 10.0 Å². The van der Waals surface area contributed by atoms with E-state index in [-0.39, 0.29) is 28.1 Å². The maximum absolute atomic E-state index is 14.6. The SMILES string of the molecule is CNC(=O)c1c(-c2ccc(F)cc2)oc2cc(N(C)S(C)(=O)=O)c(-c3ccc(OC)c(-c4cc5cc(F)cc(F)c5[nH]4)c3)cc12. The molecule has 0 saturated heterocycles. The molecule has 4 aromatic carbocycles. The van der Waals surface area contributed by atoms with Crippen LogP contribution in [0.2, 0.25) is 0 Å². The van der Waals surface area contributed by atoms with Crippen molar-refractivity contribution in [1.82, 2.24) is 10.3 Å². The monoisotopic (exact) mass is 633 g/mol. The molecule has 0 unspecified atom stereocenters. The number of nitrogens with zero attached hydrogens (tertiary/aromatic N) is 1. The van der Waals surface area contributed by atoms with Crippen LogP contribution in [0.15, 0.2) is 77.2 Å². The summed E-state index contributed by atoms with van der Waals surface area (Å²) in [7, 11) is 0.549. The fourth-order valence-electron chi connectivity index (χ4n) is 5.35. The van der Waals surface area contributed by atoms with Gasteiger partial charge in [-0.1, -0.05) is 6.07 Å². The Kier molecular flexibility index (Phi) is 7.32. The lowest BCUT2D eigenvalue weighted by Crippen LogP contribution is -2.25. The lowest BCUT2D eigenvalue weighted by atomic mass is 9.96. The van der Waals surface area contributed by atoms with Crippen LogP contribution in [0.4, 0.5) is 18.9 Å². The number of sulfonamides is 1. The largest absolute Gasteiger partial charge is 0.496 e. The molecule has 0 bridgehead atoms. The van der Waals surface area contributed by atoms with Gasteiger partial charge in [-0.2, -0.15) is 0 Å². The fraction of sp³-hybridized carbons (Fsp3) is 0.121. The highest BCUT2D eigenvalue weighted by atomic mass is 32.2. The highest BCUT2D eigenvalue weighted by Crippen LogP contribution is 2.43. The Balaban J connectivity index is 1.64. The molecule has 45 heavy (non-hydrogen) atoms. The number of hydrogen-bond donors (Lipinski definition) is 2. The average molecular weight is 634 g/mol. The van der Waals surface area contributed by atoms with Gasteiger partial charge in [-0.15, -0.1) is 0 Å². The number of carbonyl (C=O) groups is 1. The molecule has 0 radical (unpaired) electrons. The second-order valence-electron chi connectivity index (χ2n) is 10.4. The summed E-state index contributed by atoms with van der Waals surface area (Å²) in [6.07, 6.45) is 1.06. The Labute approximate surface area is 256 Å². The predicted molar refractivity (Wildman–Crippen MR) is 167 cm³/mol. The number of halogens is 3. The van der Waals surface area contributed by atoms with E-state index >= 15 is 0 Å². The van der Waals surface area contributed by atoms with E-state index in [9.17, 15) is 26.4 Å². The van der Waals surface area contributed by atoms with Crippen LogP contribution in [0, 0.1) is 17.5 Å². The molecular weight excluding hydrogens is 607 g/mol. The number of aromatic nitrogens is 1.